The Hall–Kier alpha value is -1.95. The summed E-state index contributed by atoms with van der Waals surface area (Å²) in [5.74, 6) is 0.727. The highest BCUT2D eigenvalue weighted by Gasteiger charge is 2.19. The minimum Gasteiger partial charge on any atom is -0.371 e. The Bertz CT molecular complexity index is 475. The van der Waals surface area contributed by atoms with Gasteiger partial charge in [-0.3, -0.25) is 0 Å². The van der Waals surface area contributed by atoms with E-state index in [4.69, 9.17) is 0 Å². The molecule has 0 spiro atoms. The number of H-pyrrole nitrogens is 1. The highest BCUT2D eigenvalue weighted by Crippen LogP contribution is 2.19. The van der Waals surface area contributed by atoms with Crippen LogP contribution in [0.25, 0.3) is 0 Å². The third-order valence-corrected chi connectivity index (χ3v) is 3.55. The van der Waals surface area contributed by atoms with E-state index in [0.717, 1.165) is 31.8 Å². The number of hydrogen-bond donors (Lipinski definition) is 2. The number of piperidine rings is 1. The highest BCUT2D eigenvalue weighted by atomic mass is 15.5. The number of hydrogen-bond acceptors (Lipinski definition) is 5. The van der Waals surface area contributed by atoms with E-state index in [1.54, 1.807) is 0 Å². The number of para-hydroxylation sites is 1. The van der Waals surface area contributed by atoms with Gasteiger partial charge in [-0.1, -0.05) is 23.4 Å². The Morgan fingerprint density at radius 3 is 2.68 bits per heavy atom. The third kappa shape index (κ3) is 3.08. The lowest BCUT2D eigenvalue weighted by Crippen LogP contribution is -2.42. The monoisotopic (exact) mass is 258 g/mol. The number of aromatic amines is 1. The second kappa shape index (κ2) is 5.79. The Kier molecular flexibility index (Phi) is 3.69. The second-order valence-corrected chi connectivity index (χ2v) is 4.81. The second-order valence-electron chi connectivity index (χ2n) is 4.81. The van der Waals surface area contributed by atoms with Crippen molar-refractivity contribution >= 4 is 5.69 Å². The van der Waals surface area contributed by atoms with E-state index >= 15 is 0 Å². The van der Waals surface area contributed by atoms with Crippen LogP contribution in [0.3, 0.4) is 0 Å². The van der Waals surface area contributed by atoms with Gasteiger partial charge in [0.15, 0.2) is 5.82 Å². The van der Waals surface area contributed by atoms with Gasteiger partial charge in [0.1, 0.15) is 0 Å². The first-order chi connectivity index (χ1) is 9.42. The van der Waals surface area contributed by atoms with Crippen molar-refractivity contribution in [3.63, 3.8) is 0 Å². The summed E-state index contributed by atoms with van der Waals surface area (Å²) in [7, 11) is 0. The van der Waals surface area contributed by atoms with Crippen LogP contribution in [0.2, 0.25) is 0 Å². The van der Waals surface area contributed by atoms with Gasteiger partial charge in [0.25, 0.3) is 0 Å². The zero-order valence-electron chi connectivity index (χ0n) is 10.8. The molecule has 6 nitrogen and oxygen atoms in total. The molecule has 1 aliphatic rings. The molecule has 2 aromatic rings. The Labute approximate surface area is 112 Å². The molecule has 2 N–H and O–H groups in total. The quantitative estimate of drug-likeness (QED) is 0.854. The van der Waals surface area contributed by atoms with Crippen LogP contribution in [0.5, 0.6) is 0 Å². The fourth-order valence-corrected chi connectivity index (χ4v) is 2.47. The van der Waals surface area contributed by atoms with Gasteiger partial charge >= 0.3 is 0 Å². The average Bonchev–Trinajstić information content (AvgIpc) is 3.00. The molecule has 2 heterocycles. The van der Waals surface area contributed by atoms with E-state index in [1.165, 1.54) is 5.69 Å². The standard InChI is InChI=1S/C13H18N6/c1-2-4-12(5-3-1)19-8-6-11(7-9-19)14-10-13-15-17-18-16-13/h1-5,11,14H,6-10H2,(H,15,16,17,18). The van der Waals surface area contributed by atoms with Crippen LogP contribution in [0.15, 0.2) is 30.3 Å². The molecule has 0 bridgehead atoms. The summed E-state index contributed by atoms with van der Waals surface area (Å²) < 4.78 is 0. The average molecular weight is 258 g/mol. The molecule has 1 fully saturated rings. The topological polar surface area (TPSA) is 69.7 Å². The summed E-state index contributed by atoms with van der Waals surface area (Å²) in [5, 5.41) is 17.4. The molecular formula is C13H18N6. The normalized spacial score (nSPS) is 16.7. The molecule has 0 saturated carbocycles. The fourth-order valence-electron chi connectivity index (χ4n) is 2.47. The number of anilines is 1. The van der Waals surface area contributed by atoms with Gasteiger partial charge in [-0.05, 0) is 25.0 Å². The van der Waals surface area contributed by atoms with Crippen LogP contribution in [0.1, 0.15) is 18.7 Å². The van der Waals surface area contributed by atoms with Crippen molar-refractivity contribution in [3.8, 4) is 0 Å². The number of nitrogens with one attached hydrogen (secondary N) is 2. The maximum absolute atomic E-state index is 3.94. The molecule has 3 rings (SSSR count). The van der Waals surface area contributed by atoms with E-state index < -0.39 is 0 Å². The summed E-state index contributed by atoms with van der Waals surface area (Å²) >= 11 is 0. The summed E-state index contributed by atoms with van der Waals surface area (Å²) in [6.07, 6.45) is 2.29. The largest absolute Gasteiger partial charge is 0.371 e. The third-order valence-electron chi connectivity index (χ3n) is 3.55. The summed E-state index contributed by atoms with van der Waals surface area (Å²) in [5.41, 5.74) is 1.32. The first-order valence-corrected chi connectivity index (χ1v) is 6.67. The SMILES string of the molecule is c1ccc(N2CCC(NCc3nn[nH]n3)CC2)cc1. The smallest absolute Gasteiger partial charge is 0.188 e. The van der Waals surface area contributed by atoms with Gasteiger partial charge < -0.3 is 10.2 Å². The van der Waals surface area contributed by atoms with Gasteiger partial charge in [-0.2, -0.15) is 5.21 Å². The van der Waals surface area contributed by atoms with Crippen molar-refractivity contribution in [2.24, 2.45) is 0 Å². The number of tetrazole rings is 1. The van der Waals surface area contributed by atoms with E-state index in [9.17, 15) is 0 Å². The van der Waals surface area contributed by atoms with Crippen molar-refractivity contribution in [2.75, 3.05) is 18.0 Å². The van der Waals surface area contributed by atoms with E-state index in [-0.39, 0.29) is 0 Å². The zero-order valence-corrected chi connectivity index (χ0v) is 10.8. The Morgan fingerprint density at radius 2 is 2.00 bits per heavy atom. The first-order valence-electron chi connectivity index (χ1n) is 6.67. The molecule has 19 heavy (non-hydrogen) atoms. The van der Waals surface area contributed by atoms with Crippen LogP contribution >= 0.6 is 0 Å². The van der Waals surface area contributed by atoms with Crippen LogP contribution in [-0.2, 0) is 6.54 Å². The zero-order chi connectivity index (χ0) is 12.9. The predicted molar refractivity (Wildman–Crippen MR) is 72.7 cm³/mol. The maximum Gasteiger partial charge on any atom is 0.188 e. The molecular weight excluding hydrogens is 240 g/mol. The van der Waals surface area contributed by atoms with E-state index in [1.807, 2.05) is 0 Å². The van der Waals surface area contributed by atoms with Crippen LogP contribution in [-0.4, -0.2) is 39.8 Å². The van der Waals surface area contributed by atoms with Crippen molar-refractivity contribution in [1.29, 1.82) is 0 Å². The number of benzene rings is 1. The molecule has 0 aliphatic carbocycles. The molecule has 0 amide bonds. The van der Waals surface area contributed by atoms with E-state index in [2.05, 4.69) is 61.2 Å². The van der Waals surface area contributed by atoms with Gasteiger partial charge in [0.2, 0.25) is 0 Å². The number of aromatic nitrogens is 4. The Morgan fingerprint density at radius 1 is 1.21 bits per heavy atom. The molecule has 1 saturated heterocycles. The van der Waals surface area contributed by atoms with Crippen molar-refractivity contribution < 1.29 is 0 Å². The fraction of sp³-hybridized carbons (Fsp3) is 0.462. The van der Waals surface area contributed by atoms with Crippen LogP contribution in [0, 0.1) is 0 Å². The summed E-state index contributed by atoms with van der Waals surface area (Å²) in [4.78, 5) is 2.44. The van der Waals surface area contributed by atoms with Gasteiger partial charge in [-0.25, -0.2) is 0 Å². The molecule has 1 aliphatic heterocycles. The van der Waals surface area contributed by atoms with Gasteiger partial charge in [-0.15, -0.1) is 10.2 Å². The predicted octanol–water partition coefficient (Wildman–Crippen LogP) is 0.958. The molecule has 0 radical (unpaired) electrons. The van der Waals surface area contributed by atoms with Gasteiger partial charge in [0.05, 0.1) is 6.54 Å². The van der Waals surface area contributed by atoms with Crippen molar-refractivity contribution in [2.45, 2.75) is 25.4 Å². The lowest BCUT2D eigenvalue weighted by molar-refractivity contribution is 0.410. The minimum atomic E-state index is 0.540. The number of nitrogens with zero attached hydrogens (tertiary/aromatic N) is 4. The van der Waals surface area contributed by atoms with Crippen LogP contribution in [0.4, 0.5) is 5.69 Å². The minimum absolute atomic E-state index is 0.540. The van der Waals surface area contributed by atoms with Crippen molar-refractivity contribution in [1.82, 2.24) is 25.9 Å². The van der Waals surface area contributed by atoms with Gasteiger partial charge in [0, 0.05) is 24.8 Å². The lowest BCUT2D eigenvalue weighted by Gasteiger charge is -2.33. The molecule has 0 atom stereocenters. The lowest BCUT2D eigenvalue weighted by atomic mass is 10.0. The molecule has 1 aromatic carbocycles. The number of rotatable bonds is 4. The van der Waals surface area contributed by atoms with Crippen molar-refractivity contribution in [3.05, 3.63) is 36.2 Å². The molecule has 6 heteroatoms. The maximum atomic E-state index is 3.94. The first kappa shape index (κ1) is 12.1. The summed E-state index contributed by atoms with van der Waals surface area (Å²) in [6.45, 7) is 2.87. The molecule has 1 aromatic heterocycles. The van der Waals surface area contributed by atoms with E-state index in [0.29, 0.717) is 12.6 Å². The summed E-state index contributed by atoms with van der Waals surface area (Å²) in [6, 6.07) is 11.1. The van der Waals surface area contributed by atoms with Crippen LogP contribution < -0.4 is 10.2 Å². The molecule has 100 valence electrons. The highest BCUT2D eigenvalue weighted by molar-refractivity contribution is 5.46. The Balaban J connectivity index is 1.47. The molecule has 0 unspecified atom stereocenters.